The van der Waals surface area contributed by atoms with Gasteiger partial charge >= 0.3 is 0 Å². The summed E-state index contributed by atoms with van der Waals surface area (Å²) in [5.41, 5.74) is 1.81. The van der Waals surface area contributed by atoms with Gasteiger partial charge in [-0.05, 0) is 29.7 Å². The summed E-state index contributed by atoms with van der Waals surface area (Å²) in [6.45, 7) is 8.21. The van der Waals surface area contributed by atoms with Crippen LogP contribution in [0.25, 0.3) is 0 Å². The van der Waals surface area contributed by atoms with Crippen LogP contribution in [0.5, 0.6) is 5.75 Å². The molecular formula is C22H29FN2O2. The van der Waals surface area contributed by atoms with Gasteiger partial charge in [-0.25, -0.2) is 4.39 Å². The molecule has 1 heterocycles. The molecule has 1 saturated heterocycles. The molecule has 0 radical (unpaired) electrons. The fourth-order valence-corrected chi connectivity index (χ4v) is 3.51. The van der Waals surface area contributed by atoms with Gasteiger partial charge in [0.1, 0.15) is 24.3 Å². The van der Waals surface area contributed by atoms with E-state index in [2.05, 4.69) is 29.7 Å². The first-order valence-electron chi connectivity index (χ1n) is 9.66. The number of aliphatic hydroxyl groups excluding tert-OH is 1. The second-order valence-corrected chi connectivity index (χ2v) is 7.40. The molecule has 1 fully saturated rings. The van der Waals surface area contributed by atoms with Gasteiger partial charge in [0.25, 0.3) is 0 Å². The summed E-state index contributed by atoms with van der Waals surface area (Å²) < 4.78 is 19.8. The van der Waals surface area contributed by atoms with Crippen LogP contribution in [-0.2, 0) is 0 Å². The molecule has 0 saturated carbocycles. The third kappa shape index (κ3) is 5.21. The Hall–Kier alpha value is -2.11. The smallest absolute Gasteiger partial charge is 0.146 e. The minimum atomic E-state index is -0.551. The minimum Gasteiger partial charge on any atom is -0.491 e. The first-order chi connectivity index (χ1) is 13.0. The molecule has 5 heteroatoms. The lowest BCUT2D eigenvalue weighted by Gasteiger charge is -2.37. The van der Waals surface area contributed by atoms with Crippen molar-refractivity contribution in [3.63, 3.8) is 0 Å². The van der Waals surface area contributed by atoms with Crippen LogP contribution in [0.2, 0.25) is 0 Å². The second kappa shape index (κ2) is 9.20. The number of halogens is 1. The summed E-state index contributed by atoms with van der Waals surface area (Å²) >= 11 is 0. The number of rotatable bonds is 7. The van der Waals surface area contributed by atoms with Crippen LogP contribution in [0.4, 0.5) is 10.1 Å². The highest BCUT2D eigenvalue weighted by Crippen LogP contribution is 2.26. The van der Waals surface area contributed by atoms with Crippen molar-refractivity contribution in [2.24, 2.45) is 0 Å². The monoisotopic (exact) mass is 372 g/mol. The van der Waals surface area contributed by atoms with Crippen LogP contribution >= 0.6 is 0 Å². The van der Waals surface area contributed by atoms with E-state index in [0.717, 1.165) is 37.5 Å². The van der Waals surface area contributed by atoms with Crippen molar-refractivity contribution < 1.29 is 14.2 Å². The number of hydrogen-bond donors (Lipinski definition) is 1. The van der Waals surface area contributed by atoms with Crippen molar-refractivity contribution in [3.05, 3.63) is 59.9 Å². The molecule has 1 N–H and O–H groups in total. The lowest BCUT2D eigenvalue weighted by Crippen LogP contribution is -2.49. The number of para-hydroxylation sites is 2. The van der Waals surface area contributed by atoms with Crippen LogP contribution in [-0.4, -0.2) is 55.4 Å². The Bertz CT molecular complexity index is 730. The SMILES string of the molecule is CC(C)c1ccccc1OC[C@H](O)CN1CCN(c2ccccc2F)CC1. The molecule has 0 bridgehead atoms. The van der Waals surface area contributed by atoms with Gasteiger partial charge in [-0.2, -0.15) is 0 Å². The molecule has 0 aliphatic carbocycles. The highest BCUT2D eigenvalue weighted by molar-refractivity contribution is 5.48. The number of β-amino-alcohol motifs (C(OH)–C–C–N with tert-alkyl or cyclic N) is 1. The number of benzene rings is 2. The Balaban J connectivity index is 1.46. The fraction of sp³-hybridized carbons (Fsp3) is 0.455. The maximum atomic E-state index is 13.9. The highest BCUT2D eigenvalue weighted by atomic mass is 19.1. The molecule has 3 rings (SSSR count). The van der Waals surface area contributed by atoms with Crippen LogP contribution in [0.3, 0.4) is 0 Å². The number of piperazine rings is 1. The van der Waals surface area contributed by atoms with E-state index in [4.69, 9.17) is 4.74 Å². The number of ether oxygens (including phenoxy) is 1. The van der Waals surface area contributed by atoms with Crippen molar-refractivity contribution in [2.45, 2.75) is 25.9 Å². The van der Waals surface area contributed by atoms with Crippen molar-refractivity contribution in [1.82, 2.24) is 4.90 Å². The van der Waals surface area contributed by atoms with E-state index in [-0.39, 0.29) is 12.4 Å². The summed E-state index contributed by atoms with van der Waals surface area (Å²) in [7, 11) is 0. The van der Waals surface area contributed by atoms with E-state index in [1.54, 1.807) is 6.07 Å². The molecule has 0 amide bonds. The van der Waals surface area contributed by atoms with E-state index in [1.807, 2.05) is 30.3 Å². The molecule has 2 aromatic carbocycles. The standard InChI is InChI=1S/C22H29FN2O2/c1-17(2)19-7-3-6-10-22(19)27-16-18(26)15-24-11-13-25(14-12-24)21-9-5-4-8-20(21)23/h3-10,17-18,26H,11-16H2,1-2H3/t18-/m1/s1. The van der Waals surface area contributed by atoms with Gasteiger partial charge < -0.3 is 14.7 Å². The summed E-state index contributed by atoms with van der Waals surface area (Å²) in [4.78, 5) is 4.27. The average Bonchev–Trinajstić information content (AvgIpc) is 2.68. The molecule has 0 spiro atoms. The lowest BCUT2D eigenvalue weighted by molar-refractivity contribution is 0.0658. The summed E-state index contributed by atoms with van der Waals surface area (Å²) in [6.07, 6.45) is -0.551. The molecule has 2 aromatic rings. The van der Waals surface area contributed by atoms with Crippen LogP contribution in [0, 0.1) is 5.82 Å². The minimum absolute atomic E-state index is 0.178. The van der Waals surface area contributed by atoms with Gasteiger partial charge in [-0.3, -0.25) is 4.90 Å². The molecule has 1 aliphatic heterocycles. The van der Waals surface area contributed by atoms with Crippen LogP contribution in [0.15, 0.2) is 48.5 Å². The van der Waals surface area contributed by atoms with Gasteiger partial charge in [-0.1, -0.05) is 44.2 Å². The topological polar surface area (TPSA) is 35.9 Å². The summed E-state index contributed by atoms with van der Waals surface area (Å²) in [5.74, 6) is 1.05. The highest BCUT2D eigenvalue weighted by Gasteiger charge is 2.21. The fourth-order valence-electron chi connectivity index (χ4n) is 3.51. The van der Waals surface area contributed by atoms with Gasteiger partial charge in [0.05, 0.1) is 5.69 Å². The maximum absolute atomic E-state index is 13.9. The average molecular weight is 372 g/mol. The van der Waals surface area contributed by atoms with Gasteiger partial charge in [0.2, 0.25) is 0 Å². The summed E-state index contributed by atoms with van der Waals surface area (Å²) in [6, 6.07) is 14.9. The third-order valence-electron chi connectivity index (χ3n) is 5.01. The Morgan fingerprint density at radius 1 is 1.00 bits per heavy atom. The third-order valence-corrected chi connectivity index (χ3v) is 5.01. The van der Waals surface area contributed by atoms with Gasteiger partial charge in [-0.15, -0.1) is 0 Å². The zero-order valence-electron chi connectivity index (χ0n) is 16.1. The number of hydrogen-bond acceptors (Lipinski definition) is 4. The van der Waals surface area contributed by atoms with Crippen LogP contribution < -0.4 is 9.64 Å². The Labute approximate surface area is 161 Å². The van der Waals surface area contributed by atoms with Crippen molar-refractivity contribution in [2.75, 3.05) is 44.2 Å². The first kappa shape index (κ1) is 19.6. The van der Waals surface area contributed by atoms with E-state index >= 15 is 0 Å². The maximum Gasteiger partial charge on any atom is 0.146 e. The van der Waals surface area contributed by atoms with Gasteiger partial charge in [0, 0.05) is 32.7 Å². The zero-order valence-corrected chi connectivity index (χ0v) is 16.1. The Morgan fingerprint density at radius 3 is 2.37 bits per heavy atom. The van der Waals surface area contributed by atoms with E-state index in [1.165, 1.54) is 6.07 Å². The zero-order chi connectivity index (χ0) is 19.2. The Morgan fingerprint density at radius 2 is 1.67 bits per heavy atom. The molecule has 0 aromatic heterocycles. The van der Waals surface area contributed by atoms with E-state index in [9.17, 15) is 9.50 Å². The predicted octanol–water partition coefficient (Wildman–Crippen LogP) is 3.51. The van der Waals surface area contributed by atoms with Crippen molar-refractivity contribution >= 4 is 5.69 Å². The molecule has 0 unspecified atom stereocenters. The molecule has 146 valence electrons. The molecule has 1 aliphatic rings. The molecule has 1 atom stereocenters. The van der Waals surface area contributed by atoms with E-state index < -0.39 is 6.10 Å². The normalized spacial score (nSPS) is 16.6. The summed E-state index contributed by atoms with van der Waals surface area (Å²) in [5, 5.41) is 10.4. The first-order valence-corrected chi connectivity index (χ1v) is 9.66. The Kier molecular flexibility index (Phi) is 6.69. The molecule has 27 heavy (non-hydrogen) atoms. The number of anilines is 1. The number of aliphatic hydroxyl groups is 1. The van der Waals surface area contributed by atoms with Gasteiger partial charge in [0.15, 0.2) is 0 Å². The quantitative estimate of drug-likeness (QED) is 0.807. The van der Waals surface area contributed by atoms with E-state index in [0.29, 0.717) is 18.2 Å². The van der Waals surface area contributed by atoms with Crippen LogP contribution in [0.1, 0.15) is 25.3 Å². The number of nitrogens with zero attached hydrogens (tertiary/aromatic N) is 2. The second-order valence-electron chi connectivity index (χ2n) is 7.40. The lowest BCUT2D eigenvalue weighted by atomic mass is 10.0. The van der Waals surface area contributed by atoms with Crippen molar-refractivity contribution in [3.8, 4) is 5.75 Å². The largest absolute Gasteiger partial charge is 0.491 e. The van der Waals surface area contributed by atoms with Crippen molar-refractivity contribution in [1.29, 1.82) is 0 Å². The molecule has 4 nitrogen and oxygen atoms in total. The molecular weight excluding hydrogens is 343 g/mol. The predicted molar refractivity (Wildman–Crippen MR) is 107 cm³/mol.